The number of phenolic OH excluding ortho intramolecular Hbond substituents is 2. The number of rotatable bonds is 21. The zero-order valence-corrected chi connectivity index (χ0v) is 35.4. The average molecular weight is 820 g/mol. The van der Waals surface area contributed by atoms with E-state index in [0.29, 0.717) is 46.1 Å². The zero-order chi connectivity index (χ0) is 41.2. The van der Waals surface area contributed by atoms with Crippen LogP contribution in [0.15, 0.2) is 77.7 Å². The number of carbonyl (C=O) groups excluding carboxylic acids is 1. The van der Waals surface area contributed by atoms with Crippen LogP contribution in [0, 0.1) is 13.8 Å². The van der Waals surface area contributed by atoms with Gasteiger partial charge >= 0.3 is 16.1 Å². The number of benzene rings is 4. The standard InChI is InChI=1S/C30H34ClN3O5S.C15H24O2/c1-3-4-5-6-7-11-18-38-29(35)17-14-23-19-22(2)30(39-40(36,37)25-12-9-8-10-13-25)28(20-23)34-32-26-16-15-24(31)21-27(26)33-34;1-3-4-5-6-7-8-9-13-11-14(16)12(2)10-15(13)17/h8-10,12-13,15-16,19-21H,3-7,11,14,17-18H2,1-2H3;10-11,16-17H,3-9H2,1-2H3. The summed E-state index contributed by atoms with van der Waals surface area (Å²) >= 11 is 6.13. The summed E-state index contributed by atoms with van der Waals surface area (Å²) in [4.78, 5) is 13.8. The number of ether oxygens (including phenoxy) is 1. The number of aromatic nitrogens is 3. The average Bonchev–Trinajstić information content (AvgIpc) is 3.61. The number of carbonyl (C=O) groups is 1. The zero-order valence-electron chi connectivity index (χ0n) is 33.8. The van der Waals surface area contributed by atoms with Crippen molar-refractivity contribution < 1.29 is 32.3 Å². The van der Waals surface area contributed by atoms with Gasteiger partial charge in [0.2, 0.25) is 0 Å². The minimum atomic E-state index is -4.13. The number of aromatic hydroxyl groups is 2. The number of halogens is 1. The van der Waals surface area contributed by atoms with Crippen molar-refractivity contribution in [3.05, 3.63) is 100 Å². The molecule has 0 unspecified atom stereocenters. The van der Waals surface area contributed by atoms with Crippen LogP contribution in [0.4, 0.5) is 0 Å². The van der Waals surface area contributed by atoms with Gasteiger partial charge in [-0.25, -0.2) is 0 Å². The monoisotopic (exact) mass is 819 g/mol. The smallest absolute Gasteiger partial charge is 0.339 e. The Morgan fingerprint density at radius 3 is 2.07 bits per heavy atom. The maximum Gasteiger partial charge on any atom is 0.339 e. The van der Waals surface area contributed by atoms with E-state index in [2.05, 4.69) is 24.0 Å². The second-order valence-corrected chi connectivity index (χ2v) is 16.5. The Labute approximate surface area is 343 Å². The molecule has 2 N–H and O–H groups in total. The Bertz CT molecular complexity index is 2140. The Hall–Kier alpha value is -4.61. The van der Waals surface area contributed by atoms with Gasteiger partial charge in [0.25, 0.3) is 0 Å². The predicted molar refractivity (Wildman–Crippen MR) is 227 cm³/mol. The first-order valence-corrected chi connectivity index (χ1v) is 22.0. The van der Waals surface area contributed by atoms with Crippen LogP contribution in [0.5, 0.6) is 17.2 Å². The van der Waals surface area contributed by atoms with E-state index >= 15 is 0 Å². The molecular formula is C45H58ClN3O7S. The molecule has 12 heteroatoms. The van der Waals surface area contributed by atoms with E-state index in [1.54, 1.807) is 74.5 Å². The molecule has 0 saturated heterocycles. The molecule has 0 bridgehead atoms. The highest BCUT2D eigenvalue weighted by atomic mass is 35.5. The van der Waals surface area contributed by atoms with Crippen LogP contribution in [0.3, 0.4) is 0 Å². The molecule has 57 heavy (non-hydrogen) atoms. The molecule has 0 amide bonds. The van der Waals surface area contributed by atoms with Crippen LogP contribution in [0.1, 0.15) is 120 Å². The van der Waals surface area contributed by atoms with Gasteiger partial charge < -0.3 is 19.1 Å². The third-order valence-electron chi connectivity index (χ3n) is 9.67. The fraction of sp³-hybridized carbons (Fsp3) is 0.444. The van der Waals surface area contributed by atoms with Gasteiger partial charge in [-0.15, -0.1) is 15.0 Å². The molecule has 0 radical (unpaired) electrons. The van der Waals surface area contributed by atoms with Crippen LogP contribution in [-0.4, -0.2) is 46.2 Å². The minimum Gasteiger partial charge on any atom is -0.508 e. The highest BCUT2D eigenvalue weighted by Gasteiger charge is 2.23. The first-order valence-electron chi connectivity index (χ1n) is 20.2. The van der Waals surface area contributed by atoms with Crippen molar-refractivity contribution in [2.45, 2.75) is 129 Å². The van der Waals surface area contributed by atoms with Crippen molar-refractivity contribution in [1.82, 2.24) is 15.0 Å². The van der Waals surface area contributed by atoms with E-state index in [4.69, 9.17) is 20.5 Å². The van der Waals surface area contributed by atoms with Crippen molar-refractivity contribution >= 4 is 38.7 Å². The van der Waals surface area contributed by atoms with E-state index in [0.717, 1.165) is 48.8 Å². The third kappa shape index (κ3) is 14.4. The molecule has 1 heterocycles. The molecule has 0 spiro atoms. The predicted octanol–water partition coefficient (Wildman–Crippen LogP) is 11.3. The summed E-state index contributed by atoms with van der Waals surface area (Å²) < 4.78 is 37.3. The van der Waals surface area contributed by atoms with Crippen molar-refractivity contribution in [3.63, 3.8) is 0 Å². The van der Waals surface area contributed by atoms with Crippen LogP contribution in [0.25, 0.3) is 16.7 Å². The SMILES string of the molecule is CCCCCCCCOC(=O)CCc1cc(C)c(OS(=O)(=O)c2ccccc2)c(-n2nc3ccc(Cl)cc3n2)c1.CCCCCCCCc1cc(O)c(C)cc1O. The topological polar surface area (TPSA) is 141 Å². The van der Waals surface area contributed by atoms with Gasteiger partial charge in [-0.1, -0.05) is 114 Å². The lowest BCUT2D eigenvalue weighted by molar-refractivity contribution is -0.143. The Kier molecular flexibility index (Phi) is 18.2. The number of esters is 1. The molecular weight excluding hydrogens is 762 g/mol. The molecule has 5 rings (SSSR count). The normalized spacial score (nSPS) is 11.3. The van der Waals surface area contributed by atoms with Crippen molar-refractivity contribution in [1.29, 1.82) is 0 Å². The van der Waals surface area contributed by atoms with Crippen LogP contribution >= 0.6 is 11.6 Å². The summed E-state index contributed by atoms with van der Waals surface area (Å²) in [6, 6.07) is 19.9. The van der Waals surface area contributed by atoms with Crippen LogP contribution in [0.2, 0.25) is 5.02 Å². The van der Waals surface area contributed by atoms with Gasteiger partial charge in [-0.2, -0.15) is 8.42 Å². The fourth-order valence-electron chi connectivity index (χ4n) is 6.38. The number of hydrogen-bond acceptors (Lipinski definition) is 9. The van der Waals surface area contributed by atoms with Gasteiger partial charge in [0.15, 0.2) is 5.75 Å². The maximum atomic E-state index is 13.1. The van der Waals surface area contributed by atoms with E-state index in [1.807, 2.05) is 0 Å². The maximum absolute atomic E-state index is 13.1. The van der Waals surface area contributed by atoms with E-state index < -0.39 is 10.1 Å². The number of nitrogens with zero attached hydrogens (tertiary/aromatic N) is 3. The molecule has 5 aromatic rings. The van der Waals surface area contributed by atoms with Gasteiger partial charge in [-0.3, -0.25) is 4.79 Å². The number of hydrogen-bond donors (Lipinski definition) is 2. The summed E-state index contributed by atoms with van der Waals surface area (Å²) in [5.41, 5.74) is 4.42. The summed E-state index contributed by atoms with van der Waals surface area (Å²) in [6.45, 7) is 8.37. The Morgan fingerprint density at radius 2 is 1.37 bits per heavy atom. The van der Waals surface area contributed by atoms with Crippen LogP contribution in [-0.2, 0) is 32.5 Å². The highest BCUT2D eigenvalue weighted by Crippen LogP contribution is 2.33. The molecule has 1 aromatic heterocycles. The van der Waals surface area contributed by atoms with E-state index in [-0.39, 0.29) is 28.8 Å². The molecule has 0 atom stereocenters. The first-order chi connectivity index (χ1) is 27.4. The summed E-state index contributed by atoms with van der Waals surface area (Å²) in [6.07, 6.45) is 15.6. The van der Waals surface area contributed by atoms with Crippen molar-refractivity contribution in [2.24, 2.45) is 0 Å². The second-order valence-electron chi connectivity index (χ2n) is 14.5. The summed E-state index contributed by atoms with van der Waals surface area (Å²) in [5, 5.41) is 28.9. The number of fused-ring (bicyclic) bond motifs is 1. The molecule has 0 aliphatic carbocycles. The Morgan fingerprint density at radius 1 is 0.719 bits per heavy atom. The quantitative estimate of drug-likeness (QED) is 0.0320. The summed E-state index contributed by atoms with van der Waals surface area (Å²) in [5.74, 6) is 0.430. The lowest BCUT2D eigenvalue weighted by atomic mass is 10.0. The lowest BCUT2D eigenvalue weighted by Gasteiger charge is -2.15. The highest BCUT2D eigenvalue weighted by molar-refractivity contribution is 7.87. The number of unbranched alkanes of at least 4 members (excludes halogenated alkanes) is 10. The Balaban J connectivity index is 0.000000355. The molecule has 0 saturated carbocycles. The number of phenols is 2. The van der Waals surface area contributed by atoms with Crippen molar-refractivity contribution in [2.75, 3.05) is 6.61 Å². The first kappa shape index (κ1) is 45.1. The minimum absolute atomic E-state index is 0.0305. The lowest BCUT2D eigenvalue weighted by Crippen LogP contribution is -2.14. The molecule has 0 aliphatic rings. The van der Waals surface area contributed by atoms with Crippen LogP contribution < -0.4 is 4.18 Å². The van der Waals surface area contributed by atoms with Gasteiger partial charge in [-0.05, 0) is 110 Å². The second kappa shape index (κ2) is 23.0. The largest absolute Gasteiger partial charge is 0.508 e. The molecule has 10 nitrogen and oxygen atoms in total. The summed E-state index contributed by atoms with van der Waals surface area (Å²) in [7, 11) is -4.13. The van der Waals surface area contributed by atoms with E-state index in [1.165, 1.54) is 68.3 Å². The molecule has 4 aromatic carbocycles. The number of aryl methyl sites for hydroxylation is 4. The molecule has 308 valence electrons. The van der Waals surface area contributed by atoms with E-state index in [9.17, 15) is 23.4 Å². The molecule has 0 aliphatic heterocycles. The van der Waals surface area contributed by atoms with Gasteiger partial charge in [0.05, 0.1) is 6.61 Å². The third-order valence-corrected chi connectivity index (χ3v) is 11.1. The van der Waals surface area contributed by atoms with Gasteiger partial charge in [0.1, 0.15) is 33.1 Å². The molecule has 0 fully saturated rings. The fourth-order valence-corrected chi connectivity index (χ4v) is 7.57. The van der Waals surface area contributed by atoms with Gasteiger partial charge in [0, 0.05) is 11.4 Å². The van der Waals surface area contributed by atoms with Crippen molar-refractivity contribution in [3.8, 4) is 22.9 Å².